The van der Waals surface area contributed by atoms with E-state index in [9.17, 15) is 31.9 Å². The number of anilines is 1. The molecule has 4 heterocycles. The fraction of sp³-hybridized carbons (Fsp3) is 0.440. The average molecular weight is 537 g/mol. The van der Waals surface area contributed by atoms with Gasteiger partial charge in [0.25, 0.3) is 11.8 Å². The highest BCUT2D eigenvalue weighted by Crippen LogP contribution is 2.33. The number of likely N-dealkylation sites (tertiary alicyclic amines) is 1. The third-order valence-corrected chi connectivity index (χ3v) is 6.88. The minimum absolute atomic E-state index is 0.000715. The molecule has 0 bridgehead atoms. The second-order valence-corrected chi connectivity index (χ2v) is 9.56. The van der Waals surface area contributed by atoms with Gasteiger partial charge in [-0.05, 0) is 24.3 Å². The van der Waals surface area contributed by atoms with Crippen molar-refractivity contribution in [2.24, 2.45) is 0 Å². The molecule has 0 aliphatic carbocycles. The van der Waals surface area contributed by atoms with Crippen molar-refractivity contribution in [2.75, 3.05) is 37.6 Å². The molecule has 1 aromatic carbocycles. The van der Waals surface area contributed by atoms with Gasteiger partial charge in [-0.2, -0.15) is 13.2 Å². The summed E-state index contributed by atoms with van der Waals surface area (Å²) in [5.41, 5.74) is 1.21. The number of hydrogen-bond acceptors (Lipinski definition) is 7. The molecule has 0 saturated carbocycles. The summed E-state index contributed by atoms with van der Waals surface area (Å²) in [5, 5.41) is 12.9. The minimum Gasteiger partial charge on any atom is -0.389 e. The van der Waals surface area contributed by atoms with Gasteiger partial charge in [0.1, 0.15) is 5.82 Å². The summed E-state index contributed by atoms with van der Waals surface area (Å²) in [5.74, 6) is -3.87. The van der Waals surface area contributed by atoms with Gasteiger partial charge in [0.15, 0.2) is 0 Å². The first-order chi connectivity index (χ1) is 18.0. The van der Waals surface area contributed by atoms with Crippen molar-refractivity contribution >= 4 is 22.6 Å². The standard InChI is InChI=1S/C25H25F5N6O2/c26-24(27)6-8-35(9-7-24)20(15-10-32-23(33-11-15)25(28,29)30)12-31-22(38)18-2-1-3-19-17(18)4-5-21(34-19)36-13-16(37)14-36/h1-5,10-11,16,20,37H,6-9,12-14H2,(H,31,38). The molecule has 2 saturated heterocycles. The molecule has 1 amide bonds. The van der Waals surface area contributed by atoms with Crippen LogP contribution in [-0.2, 0) is 6.18 Å². The number of rotatable bonds is 6. The predicted octanol–water partition coefficient (Wildman–Crippen LogP) is 3.43. The highest BCUT2D eigenvalue weighted by molar-refractivity contribution is 6.06. The Bertz CT molecular complexity index is 1300. The first-order valence-electron chi connectivity index (χ1n) is 12.1. The van der Waals surface area contributed by atoms with Crippen LogP contribution in [0.4, 0.5) is 27.8 Å². The van der Waals surface area contributed by atoms with E-state index in [1.165, 1.54) is 0 Å². The summed E-state index contributed by atoms with van der Waals surface area (Å²) >= 11 is 0. The number of aliphatic hydroxyl groups excluding tert-OH is 1. The van der Waals surface area contributed by atoms with Gasteiger partial charge in [-0.15, -0.1) is 0 Å². The topological polar surface area (TPSA) is 94.5 Å². The number of benzene rings is 1. The SMILES string of the molecule is O=C(NCC(c1cnc(C(F)(F)F)nc1)N1CCC(F)(F)CC1)c1cccc2nc(N3CC(O)C3)ccc12. The number of β-amino-alcohol motifs (C(OH)–C–C–N with tert-alkyl or cyclic N) is 1. The van der Waals surface area contributed by atoms with Gasteiger partial charge in [-0.3, -0.25) is 9.69 Å². The third kappa shape index (κ3) is 5.53. The second-order valence-electron chi connectivity index (χ2n) is 9.56. The number of nitrogens with zero attached hydrogens (tertiary/aromatic N) is 5. The van der Waals surface area contributed by atoms with Crippen LogP contribution in [0.25, 0.3) is 10.9 Å². The summed E-state index contributed by atoms with van der Waals surface area (Å²) in [6.45, 7) is 0.917. The number of carbonyl (C=O) groups is 1. The van der Waals surface area contributed by atoms with Gasteiger partial charge >= 0.3 is 6.18 Å². The first-order valence-corrected chi connectivity index (χ1v) is 12.1. The molecule has 5 rings (SSSR count). The van der Waals surface area contributed by atoms with E-state index in [1.54, 1.807) is 35.2 Å². The van der Waals surface area contributed by atoms with Crippen LogP contribution in [0.15, 0.2) is 42.7 Å². The third-order valence-electron chi connectivity index (χ3n) is 6.88. The molecule has 13 heteroatoms. The lowest BCUT2D eigenvalue weighted by Crippen LogP contribution is -2.51. The Morgan fingerprint density at radius 3 is 2.42 bits per heavy atom. The Balaban J connectivity index is 1.35. The summed E-state index contributed by atoms with van der Waals surface area (Å²) in [7, 11) is 0. The predicted molar refractivity (Wildman–Crippen MR) is 128 cm³/mol. The number of carbonyl (C=O) groups excluding carboxylic acids is 1. The van der Waals surface area contributed by atoms with E-state index in [1.807, 2.05) is 4.90 Å². The van der Waals surface area contributed by atoms with Gasteiger partial charge in [0.05, 0.1) is 17.7 Å². The average Bonchev–Trinajstić information content (AvgIpc) is 2.86. The number of nitrogens with one attached hydrogen (secondary N) is 1. The van der Waals surface area contributed by atoms with Crippen LogP contribution in [0.3, 0.4) is 0 Å². The molecule has 3 aromatic rings. The van der Waals surface area contributed by atoms with Crippen molar-refractivity contribution in [1.82, 2.24) is 25.2 Å². The lowest BCUT2D eigenvalue weighted by atomic mass is 10.0. The van der Waals surface area contributed by atoms with Crippen molar-refractivity contribution in [3.8, 4) is 0 Å². The smallest absolute Gasteiger partial charge is 0.389 e. The van der Waals surface area contributed by atoms with Gasteiger partial charge in [0, 0.05) is 74.5 Å². The number of aliphatic hydroxyl groups is 1. The highest BCUT2D eigenvalue weighted by Gasteiger charge is 2.38. The molecular weight excluding hydrogens is 511 g/mol. The molecule has 1 unspecified atom stereocenters. The van der Waals surface area contributed by atoms with Crippen molar-refractivity contribution in [1.29, 1.82) is 0 Å². The minimum atomic E-state index is -4.72. The fourth-order valence-corrected chi connectivity index (χ4v) is 4.72. The zero-order valence-corrected chi connectivity index (χ0v) is 20.1. The van der Waals surface area contributed by atoms with Crippen molar-refractivity contribution in [3.63, 3.8) is 0 Å². The molecule has 2 fully saturated rings. The Morgan fingerprint density at radius 2 is 1.79 bits per heavy atom. The van der Waals surface area contributed by atoms with Gasteiger partial charge in [-0.25, -0.2) is 23.7 Å². The fourth-order valence-electron chi connectivity index (χ4n) is 4.72. The van der Waals surface area contributed by atoms with E-state index in [2.05, 4.69) is 20.3 Å². The monoisotopic (exact) mass is 536 g/mol. The summed E-state index contributed by atoms with van der Waals surface area (Å²) in [6, 6.07) is 7.92. The lowest BCUT2D eigenvalue weighted by molar-refractivity contribution is -0.145. The number of hydrogen-bond donors (Lipinski definition) is 2. The van der Waals surface area contributed by atoms with Crippen LogP contribution in [0, 0.1) is 0 Å². The van der Waals surface area contributed by atoms with E-state index >= 15 is 0 Å². The number of amides is 1. The molecule has 38 heavy (non-hydrogen) atoms. The van der Waals surface area contributed by atoms with Crippen LogP contribution in [-0.4, -0.2) is 75.6 Å². The van der Waals surface area contributed by atoms with E-state index < -0.39 is 48.8 Å². The molecule has 2 N–H and O–H groups in total. The molecule has 2 aromatic heterocycles. The molecule has 2 aliphatic heterocycles. The maximum absolute atomic E-state index is 13.8. The number of halogens is 5. The Kier molecular flexibility index (Phi) is 6.90. The Morgan fingerprint density at radius 1 is 1.11 bits per heavy atom. The summed E-state index contributed by atoms with van der Waals surface area (Å²) < 4.78 is 66.4. The van der Waals surface area contributed by atoms with Crippen molar-refractivity contribution in [2.45, 2.75) is 37.1 Å². The number of pyridine rings is 1. The van der Waals surface area contributed by atoms with Crippen molar-refractivity contribution < 1.29 is 31.9 Å². The second kappa shape index (κ2) is 10.0. The van der Waals surface area contributed by atoms with E-state index in [0.29, 0.717) is 35.4 Å². The molecule has 2 aliphatic rings. The number of piperidine rings is 1. The summed E-state index contributed by atoms with van der Waals surface area (Å²) in [4.78, 5) is 28.2. The maximum Gasteiger partial charge on any atom is 0.451 e. The van der Waals surface area contributed by atoms with Crippen LogP contribution in [0.1, 0.15) is 40.6 Å². The Labute approximate surface area is 214 Å². The normalized spacial score (nSPS) is 19.3. The number of alkyl halides is 5. The Hall–Kier alpha value is -3.45. The lowest BCUT2D eigenvalue weighted by Gasteiger charge is -2.37. The highest BCUT2D eigenvalue weighted by atomic mass is 19.4. The van der Waals surface area contributed by atoms with E-state index in [-0.39, 0.29) is 25.2 Å². The zero-order chi connectivity index (χ0) is 27.1. The van der Waals surface area contributed by atoms with E-state index in [0.717, 1.165) is 12.4 Å². The molecule has 0 radical (unpaired) electrons. The molecule has 8 nitrogen and oxygen atoms in total. The number of aromatic nitrogens is 3. The number of fused-ring (bicyclic) bond motifs is 1. The van der Waals surface area contributed by atoms with Gasteiger partial charge < -0.3 is 15.3 Å². The quantitative estimate of drug-likeness (QED) is 0.467. The van der Waals surface area contributed by atoms with Crippen LogP contribution < -0.4 is 10.2 Å². The summed E-state index contributed by atoms with van der Waals surface area (Å²) in [6.07, 6.45) is -3.86. The zero-order valence-electron chi connectivity index (χ0n) is 20.1. The van der Waals surface area contributed by atoms with Crippen molar-refractivity contribution in [3.05, 3.63) is 59.7 Å². The molecule has 1 atom stereocenters. The molecule has 202 valence electrons. The van der Waals surface area contributed by atoms with E-state index in [4.69, 9.17) is 0 Å². The van der Waals surface area contributed by atoms with Gasteiger partial charge in [0.2, 0.25) is 5.82 Å². The van der Waals surface area contributed by atoms with Crippen LogP contribution in [0.2, 0.25) is 0 Å². The maximum atomic E-state index is 13.8. The first kappa shape index (κ1) is 26.2. The van der Waals surface area contributed by atoms with Crippen LogP contribution >= 0.6 is 0 Å². The van der Waals surface area contributed by atoms with Crippen LogP contribution in [0.5, 0.6) is 0 Å². The largest absolute Gasteiger partial charge is 0.451 e. The molecule has 0 spiro atoms. The van der Waals surface area contributed by atoms with Gasteiger partial charge in [-0.1, -0.05) is 6.07 Å². The molecular formula is C25H25F5N6O2.